The first-order valence-electron chi connectivity index (χ1n) is 15.8. The molecule has 3 aromatic rings. The number of rotatable bonds is 18. The molecule has 7 heteroatoms. The van der Waals surface area contributed by atoms with Gasteiger partial charge in [0.25, 0.3) is 0 Å². The first-order valence-corrected chi connectivity index (χ1v) is 16.6. The predicted molar refractivity (Wildman–Crippen MR) is 177 cm³/mol. The Hall–Kier alpha value is -3.24. The fourth-order valence-electron chi connectivity index (χ4n) is 4.89. The lowest BCUT2D eigenvalue weighted by Gasteiger charge is -2.26. The lowest BCUT2D eigenvalue weighted by atomic mass is 9.76. The van der Waals surface area contributed by atoms with Crippen LogP contribution in [0.3, 0.4) is 0 Å². The first-order chi connectivity index (χ1) is 20.8. The van der Waals surface area contributed by atoms with Gasteiger partial charge in [-0.3, -0.25) is 0 Å². The molecule has 0 N–H and O–H groups in total. The molecule has 0 aliphatic carbocycles. The first kappa shape index (κ1) is 34.3. The van der Waals surface area contributed by atoms with Crippen molar-refractivity contribution < 1.29 is 14.3 Å². The molecule has 0 aliphatic heterocycles. The van der Waals surface area contributed by atoms with Crippen LogP contribution in [0.15, 0.2) is 59.3 Å². The summed E-state index contributed by atoms with van der Waals surface area (Å²) in [6, 6.07) is 15.6. The Morgan fingerprint density at radius 1 is 0.884 bits per heavy atom. The molecule has 0 fully saturated rings. The summed E-state index contributed by atoms with van der Waals surface area (Å²) in [6.07, 6.45) is 16.2. The second-order valence-electron chi connectivity index (χ2n) is 11.5. The summed E-state index contributed by atoms with van der Waals surface area (Å²) >= 11 is 3.54. The molecule has 6 nitrogen and oxygen atoms in total. The SMILES string of the molecule is CCCCCCCCOc1ccc(-c2ncc(-c3ccc(OC(=O)[C@](C)(C#N)[C@H](C)CCCCCC)c(Br)c3)cn2)cc1. The van der Waals surface area contributed by atoms with Gasteiger partial charge in [-0.25, -0.2) is 14.8 Å². The van der Waals surface area contributed by atoms with Crippen LogP contribution in [0, 0.1) is 22.7 Å². The van der Waals surface area contributed by atoms with Crippen molar-refractivity contribution in [3.8, 4) is 40.1 Å². The van der Waals surface area contributed by atoms with Crippen LogP contribution in [-0.2, 0) is 4.79 Å². The van der Waals surface area contributed by atoms with Gasteiger partial charge in [-0.15, -0.1) is 0 Å². The molecule has 0 amide bonds. The van der Waals surface area contributed by atoms with Crippen LogP contribution >= 0.6 is 15.9 Å². The fourth-order valence-corrected chi connectivity index (χ4v) is 5.35. The lowest BCUT2D eigenvalue weighted by molar-refractivity contribution is -0.144. The number of nitriles is 1. The summed E-state index contributed by atoms with van der Waals surface area (Å²) in [5, 5.41) is 9.88. The van der Waals surface area contributed by atoms with Gasteiger partial charge in [0.2, 0.25) is 0 Å². The van der Waals surface area contributed by atoms with Gasteiger partial charge in [-0.2, -0.15) is 5.26 Å². The number of hydrogen-bond acceptors (Lipinski definition) is 6. The zero-order chi connectivity index (χ0) is 31.1. The Morgan fingerprint density at radius 2 is 1.49 bits per heavy atom. The second kappa shape index (κ2) is 17.8. The molecule has 0 saturated carbocycles. The van der Waals surface area contributed by atoms with Crippen molar-refractivity contribution >= 4 is 21.9 Å². The van der Waals surface area contributed by atoms with E-state index in [2.05, 4.69) is 45.8 Å². The molecule has 0 bridgehead atoms. The maximum Gasteiger partial charge on any atom is 0.331 e. The molecular formula is C36H46BrN3O3. The molecule has 0 radical (unpaired) electrons. The Bertz CT molecular complexity index is 1320. The Morgan fingerprint density at radius 3 is 2.12 bits per heavy atom. The molecular weight excluding hydrogens is 602 g/mol. The minimum atomic E-state index is -1.22. The number of unbranched alkanes of at least 4 members (excludes halogenated alkanes) is 8. The van der Waals surface area contributed by atoms with E-state index >= 15 is 0 Å². The number of esters is 1. The summed E-state index contributed by atoms with van der Waals surface area (Å²) in [5.41, 5.74) is 1.42. The average molecular weight is 649 g/mol. The van der Waals surface area contributed by atoms with Crippen LogP contribution in [0.4, 0.5) is 0 Å². The molecule has 2 aromatic carbocycles. The third kappa shape index (κ3) is 10.2. The monoisotopic (exact) mass is 647 g/mol. The highest BCUT2D eigenvalue weighted by molar-refractivity contribution is 9.10. The van der Waals surface area contributed by atoms with E-state index in [-0.39, 0.29) is 5.92 Å². The van der Waals surface area contributed by atoms with Crippen LogP contribution in [-0.4, -0.2) is 22.5 Å². The summed E-state index contributed by atoms with van der Waals surface area (Å²) < 4.78 is 12.2. The topological polar surface area (TPSA) is 85.1 Å². The summed E-state index contributed by atoms with van der Waals surface area (Å²) in [4.78, 5) is 22.3. The summed E-state index contributed by atoms with van der Waals surface area (Å²) in [5.74, 6) is 1.23. The van der Waals surface area contributed by atoms with E-state index in [0.29, 0.717) is 16.0 Å². The second-order valence-corrected chi connectivity index (χ2v) is 12.4. The number of aromatic nitrogens is 2. The van der Waals surface area contributed by atoms with Gasteiger partial charge in [-0.05, 0) is 83.6 Å². The van der Waals surface area contributed by atoms with Crippen LogP contribution in [0.2, 0.25) is 0 Å². The van der Waals surface area contributed by atoms with Crippen LogP contribution in [0.5, 0.6) is 11.5 Å². The molecule has 43 heavy (non-hydrogen) atoms. The van der Waals surface area contributed by atoms with Gasteiger partial charge >= 0.3 is 5.97 Å². The maximum absolute atomic E-state index is 13.1. The van der Waals surface area contributed by atoms with E-state index in [1.165, 1.54) is 32.1 Å². The standard InChI is InChI=1S/C36H46BrN3O3/c1-5-7-9-11-12-14-22-42-31-19-16-28(17-20-31)34-39-24-30(25-40-34)29-18-21-33(32(37)23-29)43-35(41)36(4,26-38)27(3)15-13-10-8-6-2/h16-21,23-25,27H,5-15,22H2,1-4H3/t27-,36-/m1/s1. The van der Waals surface area contributed by atoms with Crippen LogP contribution in [0.25, 0.3) is 22.5 Å². The van der Waals surface area contributed by atoms with E-state index in [9.17, 15) is 10.1 Å². The number of ether oxygens (including phenoxy) is 2. The number of carbonyl (C=O) groups excluding carboxylic acids is 1. The third-order valence-electron chi connectivity index (χ3n) is 8.13. The Balaban J connectivity index is 1.57. The van der Waals surface area contributed by atoms with Crippen LogP contribution < -0.4 is 9.47 Å². The molecule has 1 heterocycles. The normalized spacial score (nSPS) is 13.1. The highest BCUT2D eigenvalue weighted by Gasteiger charge is 2.41. The van der Waals surface area contributed by atoms with Crippen LogP contribution in [0.1, 0.15) is 98.3 Å². The smallest absolute Gasteiger partial charge is 0.331 e. The zero-order valence-corrected chi connectivity index (χ0v) is 27.8. The molecule has 2 atom stereocenters. The van der Waals surface area contributed by atoms with E-state index in [4.69, 9.17) is 9.47 Å². The van der Waals surface area contributed by atoms with Gasteiger partial charge in [0.05, 0.1) is 17.1 Å². The van der Waals surface area contributed by atoms with Gasteiger partial charge in [-0.1, -0.05) is 84.6 Å². The highest BCUT2D eigenvalue weighted by atomic mass is 79.9. The van der Waals surface area contributed by atoms with Crippen molar-refractivity contribution in [3.63, 3.8) is 0 Å². The molecule has 0 unspecified atom stereocenters. The number of carbonyl (C=O) groups is 1. The number of benzene rings is 2. The van der Waals surface area contributed by atoms with Crippen molar-refractivity contribution in [2.45, 2.75) is 98.3 Å². The predicted octanol–water partition coefficient (Wildman–Crippen LogP) is 10.4. The van der Waals surface area contributed by atoms with Gasteiger partial charge < -0.3 is 9.47 Å². The Kier molecular flexibility index (Phi) is 14.2. The minimum absolute atomic E-state index is 0.107. The van der Waals surface area contributed by atoms with Gasteiger partial charge in [0.15, 0.2) is 11.2 Å². The van der Waals surface area contributed by atoms with Crippen molar-refractivity contribution in [1.82, 2.24) is 9.97 Å². The fraction of sp³-hybridized carbons (Fsp3) is 0.500. The van der Waals surface area contributed by atoms with Gasteiger partial charge in [0, 0.05) is 23.5 Å². The third-order valence-corrected chi connectivity index (χ3v) is 8.75. The van der Waals surface area contributed by atoms with Crippen molar-refractivity contribution in [2.75, 3.05) is 6.61 Å². The molecule has 0 spiro atoms. The lowest BCUT2D eigenvalue weighted by Crippen LogP contribution is -2.36. The number of nitrogens with zero attached hydrogens (tertiary/aromatic N) is 3. The number of hydrogen-bond donors (Lipinski definition) is 0. The van der Waals surface area contributed by atoms with E-state index in [1.54, 1.807) is 25.4 Å². The number of halogens is 1. The molecule has 1 aromatic heterocycles. The van der Waals surface area contributed by atoms with Gasteiger partial charge in [0.1, 0.15) is 11.5 Å². The average Bonchev–Trinajstić information content (AvgIpc) is 3.03. The molecule has 3 rings (SSSR count). The zero-order valence-electron chi connectivity index (χ0n) is 26.2. The Labute approximate surface area is 266 Å². The largest absolute Gasteiger partial charge is 0.494 e. The molecule has 0 aliphatic rings. The highest BCUT2D eigenvalue weighted by Crippen LogP contribution is 2.36. The van der Waals surface area contributed by atoms with Crippen molar-refractivity contribution in [2.24, 2.45) is 11.3 Å². The van der Waals surface area contributed by atoms with E-state index < -0.39 is 11.4 Å². The quantitative estimate of drug-likeness (QED) is 0.0775. The van der Waals surface area contributed by atoms with E-state index in [1.807, 2.05) is 43.3 Å². The summed E-state index contributed by atoms with van der Waals surface area (Å²) in [6.45, 7) is 8.77. The minimum Gasteiger partial charge on any atom is -0.494 e. The van der Waals surface area contributed by atoms with Crippen molar-refractivity contribution in [3.05, 3.63) is 59.3 Å². The molecule has 230 valence electrons. The molecule has 0 saturated heterocycles. The summed E-state index contributed by atoms with van der Waals surface area (Å²) in [7, 11) is 0. The van der Waals surface area contributed by atoms with Crippen molar-refractivity contribution in [1.29, 1.82) is 5.26 Å². The maximum atomic E-state index is 13.1. The van der Waals surface area contributed by atoms with E-state index in [0.717, 1.165) is 67.6 Å².